The van der Waals surface area contributed by atoms with E-state index >= 15 is 0 Å². The first kappa shape index (κ1) is 8.74. The first-order valence-electron chi connectivity index (χ1n) is 4.32. The first-order chi connectivity index (χ1) is 6.61. The number of fused-ring (bicyclic) bond motifs is 1. The SMILES string of the molecule is CC(=O)c1c/c(=C(\C)[O-])n2ccc[n+]12. The number of hydrogen-bond acceptors (Lipinski definition) is 2. The number of carbonyl (C=O) groups excluding carboxylic acids is 1. The summed E-state index contributed by atoms with van der Waals surface area (Å²) in [5.41, 5.74) is 0.528. The second-order valence-electron chi connectivity index (χ2n) is 3.21. The molecular weight excluding hydrogens is 180 g/mol. The van der Waals surface area contributed by atoms with Crippen molar-refractivity contribution >= 4 is 11.5 Å². The summed E-state index contributed by atoms with van der Waals surface area (Å²) < 4.78 is 3.33. The lowest BCUT2D eigenvalue weighted by Gasteiger charge is -1.97. The zero-order valence-electron chi connectivity index (χ0n) is 8.02. The number of Topliss-reactive ketones (excluding diaryl/α,β-unsaturated/α-hetero) is 1. The molecule has 0 aliphatic heterocycles. The maximum atomic E-state index is 11.2. The minimum atomic E-state index is -0.0498. The molecule has 4 heteroatoms. The van der Waals surface area contributed by atoms with Gasteiger partial charge in [0.2, 0.25) is 12.0 Å². The summed E-state index contributed by atoms with van der Waals surface area (Å²) in [7, 11) is 0. The van der Waals surface area contributed by atoms with Crippen LogP contribution >= 0.6 is 0 Å². The van der Waals surface area contributed by atoms with Crippen LogP contribution in [0.1, 0.15) is 24.3 Å². The third kappa shape index (κ3) is 1.08. The van der Waals surface area contributed by atoms with E-state index in [1.54, 1.807) is 33.6 Å². The zero-order valence-corrected chi connectivity index (χ0v) is 8.02. The average Bonchev–Trinajstić information content (AvgIpc) is 2.59. The third-order valence-corrected chi connectivity index (χ3v) is 2.18. The van der Waals surface area contributed by atoms with Gasteiger partial charge >= 0.3 is 0 Å². The molecule has 0 aliphatic rings. The molecule has 0 amide bonds. The van der Waals surface area contributed by atoms with Crippen molar-refractivity contribution in [2.24, 2.45) is 0 Å². The van der Waals surface area contributed by atoms with Gasteiger partial charge in [0.05, 0.1) is 11.5 Å². The fourth-order valence-electron chi connectivity index (χ4n) is 1.53. The number of rotatable bonds is 1. The van der Waals surface area contributed by atoms with Crippen molar-refractivity contribution in [3.8, 4) is 0 Å². The highest BCUT2D eigenvalue weighted by atomic mass is 16.3. The molecule has 0 saturated carbocycles. The second-order valence-corrected chi connectivity index (χ2v) is 3.21. The van der Waals surface area contributed by atoms with Crippen LogP contribution in [0.4, 0.5) is 0 Å². The van der Waals surface area contributed by atoms with Gasteiger partial charge in [0, 0.05) is 19.1 Å². The van der Waals surface area contributed by atoms with Crippen LogP contribution in [0.3, 0.4) is 0 Å². The summed E-state index contributed by atoms with van der Waals surface area (Å²) in [6, 6.07) is 3.41. The number of hydrogen-bond donors (Lipinski definition) is 0. The Morgan fingerprint density at radius 1 is 1.50 bits per heavy atom. The largest absolute Gasteiger partial charge is 0.874 e. The van der Waals surface area contributed by atoms with E-state index in [1.165, 1.54) is 13.8 Å². The average molecular weight is 190 g/mol. The maximum absolute atomic E-state index is 11.2. The Kier molecular flexibility index (Phi) is 1.77. The molecule has 0 saturated heterocycles. The summed E-state index contributed by atoms with van der Waals surface area (Å²) in [6.07, 6.45) is 3.51. The van der Waals surface area contributed by atoms with Gasteiger partial charge in [-0.15, -0.1) is 10.3 Å². The monoisotopic (exact) mass is 190 g/mol. The Bertz CT molecular complexity index is 550. The fourth-order valence-corrected chi connectivity index (χ4v) is 1.53. The van der Waals surface area contributed by atoms with E-state index in [4.69, 9.17) is 0 Å². The van der Waals surface area contributed by atoms with Crippen molar-refractivity contribution in [2.75, 3.05) is 0 Å². The highest BCUT2D eigenvalue weighted by Crippen LogP contribution is 1.91. The molecule has 72 valence electrons. The van der Waals surface area contributed by atoms with E-state index in [-0.39, 0.29) is 11.5 Å². The molecule has 4 nitrogen and oxygen atoms in total. The van der Waals surface area contributed by atoms with Crippen molar-refractivity contribution in [1.29, 1.82) is 0 Å². The van der Waals surface area contributed by atoms with Gasteiger partial charge in [-0.2, -0.15) is 0 Å². The van der Waals surface area contributed by atoms with Gasteiger partial charge in [0.15, 0.2) is 0 Å². The molecule has 0 atom stereocenters. The van der Waals surface area contributed by atoms with Crippen molar-refractivity contribution in [1.82, 2.24) is 4.52 Å². The highest BCUT2D eigenvalue weighted by Gasteiger charge is 2.17. The summed E-state index contributed by atoms with van der Waals surface area (Å²) >= 11 is 0. The maximum Gasteiger partial charge on any atom is 0.280 e. The smallest absolute Gasteiger partial charge is 0.280 e. The van der Waals surface area contributed by atoms with Crippen molar-refractivity contribution in [3.05, 3.63) is 35.6 Å². The van der Waals surface area contributed by atoms with Gasteiger partial charge in [-0.25, -0.2) is 0 Å². The fraction of sp³-hybridized carbons (Fsp3) is 0.200. The quantitative estimate of drug-likeness (QED) is 0.425. The van der Waals surface area contributed by atoms with E-state index in [1.807, 2.05) is 0 Å². The standard InChI is InChI=1S/C10H10N2O2/c1-7(13)9-6-10(8(2)14)12-5-3-4-11(9)12/h3-6H,1-2H3. The number of aromatic nitrogens is 2. The van der Waals surface area contributed by atoms with Gasteiger partial charge in [-0.1, -0.05) is 11.4 Å². The summed E-state index contributed by atoms with van der Waals surface area (Å²) in [5, 5.41) is 11.8. The van der Waals surface area contributed by atoms with Crippen molar-refractivity contribution in [2.45, 2.75) is 13.8 Å². The van der Waals surface area contributed by atoms with Crippen LogP contribution in [0.15, 0.2) is 24.5 Å². The van der Waals surface area contributed by atoms with Crippen LogP contribution in [-0.2, 0) is 0 Å². The molecule has 0 bridgehead atoms. The predicted octanol–water partition coefficient (Wildman–Crippen LogP) is -1.07. The van der Waals surface area contributed by atoms with Crippen LogP contribution in [0.2, 0.25) is 0 Å². The van der Waals surface area contributed by atoms with E-state index in [0.717, 1.165) is 0 Å². The zero-order chi connectivity index (χ0) is 10.3. The molecule has 2 aromatic heterocycles. The lowest BCUT2D eigenvalue weighted by Crippen LogP contribution is -2.34. The molecule has 0 aliphatic carbocycles. The molecule has 14 heavy (non-hydrogen) atoms. The molecule has 0 N–H and O–H groups in total. The first-order valence-corrected chi connectivity index (χ1v) is 4.32. The Balaban J connectivity index is 2.96. The second kappa shape index (κ2) is 2.83. The van der Waals surface area contributed by atoms with Crippen molar-refractivity contribution < 1.29 is 14.4 Å². The van der Waals surface area contributed by atoms with Crippen LogP contribution in [0.5, 0.6) is 0 Å². The Morgan fingerprint density at radius 3 is 2.79 bits per heavy atom. The number of ketones is 1. The van der Waals surface area contributed by atoms with E-state index < -0.39 is 0 Å². The molecule has 2 heterocycles. The van der Waals surface area contributed by atoms with Crippen LogP contribution in [0, 0.1) is 0 Å². The molecule has 2 aromatic rings. The molecule has 0 spiro atoms. The third-order valence-electron chi connectivity index (χ3n) is 2.18. The lowest BCUT2D eigenvalue weighted by atomic mass is 10.3. The molecule has 2 rings (SSSR count). The Labute approximate surface area is 80.7 Å². The van der Waals surface area contributed by atoms with Crippen LogP contribution in [0.25, 0.3) is 5.76 Å². The van der Waals surface area contributed by atoms with Gasteiger partial charge in [0.25, 0.3) is 5.69 Å². The van der Waals surface area contributed by atoms with E-state index in [9.17, 15) is 9.90 Å². The van der Waals surface area contributed by atoms with Gasteiger partial charge in [0.1, 0.15) is 0 Å². The van der Waals surface area contributed by atoms with Crippen molar-refractivity contribution in [3.63, 3.8) is 0 Å². The van der Waals surface area contributed by atoms with Crippen LogP contribution in [-0.4, -0.2) is 10.3 Å². The number of carbonyl (C=O) groups is 1. The lowest BCUT2D eigenvalue weighted by molar-refractivity contribution is -0.615. The van der Waals surface area contributed by atoms with Gasteiger partial charge in [-0.3, -0.25) is 4.79 Å². The van der Waals surface area contributed by atoms with E-state index in [0.29, 0.717) is 11.0 Å². The molecule has 0 aromatic carbocycles. The Morgan fingerprint density at radius 2 is 2.21 bits per heavy atom. The molecule has 0 radical (unpaired) electrons. The summed E-state index contributed by atoms with van der Waals surface area (Å²) in [4.78, 5) is 11.2. The number of nitrogens with zero attached hydrogens (tertiary/aromatic N) is 2. The molecule has 0 fully saturated rings. The van der Waals surface area contributed by atoms with Gasteiger partial charge in [-0.05, 0) is 0 Å². The Hall–Kier alpha value is -1.84. The van der Waals surface area contributed by atoms with Gasteiger partial charge < -0.3 is 5.11 Å². The van der Waals surface area contributed by atoms with Crippen LogP contribution < -0.4 is 15.0 Å². The van der Waals surface area contributed by atoms with E-state index in [2.05, 4.69) is 0 Å². The highest BCUT2D eigenvalue weighted by molar-refractivity contribution is 5.90. The summed E-state index contributed by atoms with van der Waals surface area (Å²) in [5.74, 6) is -0.0996. The predicted molar refractivity (Wildman–Crippen MR) is 47.4 cm³/mol. The summed E-state index contributed by atoms with van der Waals surface area (Å²) in [6.45, 7) is 2.97. The minimum absolute atomic E-state index is 0.0498. The minimum Gasteiger partial charge on any atom is -0.874 e. The normalized spacial score (nSPS) is 13.3. The topological polar surface area (TPSA) is 48.6 Å². The molecular formula is C10H10N2O2. The molecule has 0 unspecified atom stereocenters.